The number of hydrogen-bond donors (Lipinski definition) is 0. The summed E-state index contributed by atoms with van der Waals surface area (Å²) in [6.45, 7) is 5.88. The Balaban J connectivity index is 1.62. The van der Waals surface area contributed by atoms with Gasteiger partial charge >= 0.3 is 0 Å². The zero-order valence-corrected chi connectivity index (χ0v) is 15.4. The van der Waals surface area contributed by atoms with Crippen LogP contribution in [0.1, 0.15) is 61.8 Å². The van der Waals surface area contributed by atoms with Gasteiger partial charge in [-0.25, -0.2) is 0 Å². The molecule has 1 atom stereocenters. The number of fused-ring (bicyclic) bond motifs is 3. The molecule has 2 heterocycles. The highest BCUT2D eigenvalue weighted by Crippen LogP contribution is 2.40. The molecule has 134 valence electrons. The minimum atomic E-state index is -0.273. The molecule has 0 bridgehead atoms. The van der Waals surface area contributed by atoms with Crippen molar-refractivity contribution < 1.29 is 9.59 Å². The van der Waals surface area contributed by atoms with Gasteiger partial charge in [-0.1, -0.05) is 49.9 Å². The van der Waals surface area contributed by atoms with Crippen molar-refractivity contribution in [2.75, 3.05) is 19.6 Å². The number of aryl methyl sites for hydroxylation is 1. The molecule has 1 saturated carbocycles. The van der Waals surface area contributed by atoms with Crippen LogP contribution in [0, 0.1) is 12.3 Å². The summed E-state index contributed by atoms with van der Waals surface area (Å²) >= 11 is 0. The van der Waals surface area contributed by atoms with E-state index in [0.717, 1.165) is 38.6 Å². The van der Waals surface area contributed by atoms with Gasteiger partial charge in [-0.3, -0.25) is 9.59 Å². The van der Waals surface area contributed by atoms with Gasteiger partial charge in [-0.15, -0.1) is 0 Å². The molecule has 0 aromatic heterocycles. The number of carbonyl (C=O) groups excluding carboxylic acids is 2. The predicted molar refractivity (Wildman–Crippen MR) is 97.1 cm³/mol. The summed E-state index contributed by atoms with van der Waals surface area (Å²) < 4.78 is 0. The van der Waals surface area contributed by atoms with Crippen LogP contribution in [0.4, 0.5) is 0 Å². The van der Waals surface area contributed by atoms with Gasteiger partial charge in [0.15, 0.2) is 0 Å². The van der Waals surface area contributed by atoms with E-state index in [9.17, 15) is 9.59 Å². The highest BCUT2D eigenvalue weighted by Gasteiger charge is 2.43. The molecular formula is C21H28N2O2. The molecule has 0 N–H and O–H groups in total. The molecular weight excluding hydrogens is 312 g/mol. The maximum absolute atomic E-state index is 13.2. The van der Waals surface area contributed by atoms with Crippen LogP contribution in [0.5, 0.6) is 0 Å². The van der Waals surface area contributed by atoms with Crippen LogP contribution in [-0.2, 0) is 16.0 Å². The van der Waals surface area contributed by atoms with E-state index < -0.39 is 0 Å². The molecule has 1 aliphatic carbocycles. The zero-order valence-electron chi connectivity index (χ0n) is 15.4. The van der Waals surface area contributed by atoms with E-state index in [1.807, 2.05) is 9.80 Å². The number of amides is 2. The van der Waals surface area contributed by atoms with Gasteiger partial charge in [0, 0.05) is 18.5 Å². The summed E-state index contributed by atoms with van der Waals surface area (Å²) in [4.78, 5) is 29.8. The fraction of sp³-hybridized carbons (Fsp3) is 0.619. The standard InChI is InChI=1S/C21H28N2O2/c1-15-6-7-16-8-11-23-18(17(16)12-15)13-22(14-19(23)24)20(25)21(2)9-4-3-5-10-21/h6-7,12,18H,3-5,8-11,13-14H2,1-2H3/t18-/m0/s1. The normalized spacial score (nSPS) is 25.4. The van der Waals surface area contributed by atoms with Gasteiger partial charge < -0.3 is 9.80 Å². The topological polar surface area (TPSA) is 40.6 Å². The molecule has 4 heteroatoms. The number of piperazine rings is 1. The molecule has 2 aliphatic heterocycles. The third-order valence-electron chi connectivity index (χ3n) is 6.46. The Morgan fingerprint density at radius 3 is 2.72 bits per heavy atom. The fourth-order valence-electron chi connectivity index (χ4n) is 4.92. The van der Waals surface area contributed by atoms with Crippen LogP contribution >= 0.6 is 0 Å². The van der Waals surface area contributed by atoms with Gasteiger partial charge in [-0.2, -0.15) is 0 Å². The smallest absolute Gasteiger partial charge is 0.242 e. The second kappa shape index (κ2) is 6.15. The predicted octanol–water partition coefficient (Wildman–Crippen LogP) is 3.23. The Kier molecular flexibility index (Phi) is 4.09. The maximum Gasteiger partial charge on any atom is 0.242 e. The monoisotopic (exact) mass is 340 g/mol. The summed E-state index contributed by atoms with van der Waals surface area (Å²) in [5.74, 6) is 0.302. The van der Waals surface area contributed by atoms with Crippen molar-refractivity contribution in [1.29, 1.82) is 0 Å². The van der Waals surface area contributed by atoms with Crippen LogP contribution in [0.2, 0.25) is 0 Å². The summed E-state index contributed by atoms with van der Waals surface area (Å²) in [6, 6.07) is 6.57. The van der Waals surface area contributed by atoms with Gasteiger partial charge in [-0.05, 0) is 37.3 Å². The van der Waals surface area contributed by atoms with Crippen molar-refractivity contribution in [2.45, 2.75) is 58.4 Å². The van der Waals surface area contributed by atoms with Crippen LogP contribution in [-0.4, -0.2) is 41.2 Å². The molecule has 1 aromatic carbocycles. The average molecular weight is 340 g/mol. The third kappa shape index (κ3) is 2.86. The lowest BCUT2D eigenvalue weighted by atomic mass is 9.74. The van der Waals surface area contributed by atoms with Crippen LogP contribution < -0.4 is 0 Å². The Morgan fingerprint density at radius 2 is 1.96 bits per heavy atom. The first kappa shape index (κ1) is 16.6. The van der Waals surface area contributed by atoms with E-state index in [1.165, 1.54) is 23.1 Å². The largest absolute Gasteiger partial charge is 0.332 e. The molecule has 0 spiro atoms. The van der Waals surface area contributed by atoms with Gasteiger partial charge in [0.1, 0.15) is 0 Å². The molecule has 0 unspecified atom stereocenters. The first-order chi connectivity index (χ1) is 12.0. The first-order valence-corrected chi connectivity index (χ1v) is 9.66. The lowest BCUT2D eigenvalue weighted by Gasteiger charge is -2.47. The minimum Gasteiger partial charge on any atom is -0.332 e. The Labute approximate surface area is 150 Å². The number of hydrogen-bond acceptors (Lipinski definition) is 2. The highest BCUT2D eigenvalue weighted by molar-refractivity contribution is 5.89. The van der Waals surface area contributed by atoms with E-state index in [2.05, 4.69) is 32.0 Å². The van der Waals surface area contributed by atoms with Crippen molar-refractivity contribution >= 4 is 11.8 Å². The first-order valence-electron chi connectivity index (χ1n) is 9.66. The van der Waals surface area contributed by atoms with E-state index >= 15 is 0 Å². The second-order valence-electron chi connectivity index (χ2n) is 8.36. The van der Waals surface area contributed by atoms with Crippen molar-refractivity contribution in [3.05, 3.63) is 34.9 Å². The van der Waals surface area contributed by atoms with E-state index in [0.29, 0.717) is 6.54 Å². The fourth-order valence-corrected chi connectivity index (χ4v) is 4.92. The average Bonchev–Trinajstić information content (AvgIpc) is 2.61. The number of rotatable bonds is 1. The zero-order chi connectivity index (χ0) is 17.6. The van der Waals surface area contributed by atoms with Crippen molar-refractivity contribution in [3.63, 3.8) is 0 Å². The minimum absolute atomic E-state index is 0.0287. The molecule has 1 saturated heterocycles. The summed E-state index contributed by atoms with van der Waals surface area (Å²) in [6.07, 6.45) is 6.32. The van der Waals surface area contributed by atoms with Gasteiger partial charge in [0.05, 0.1) is 12.6 Å². The lowest BCUT2D eigenvalue weighted by Crippen LogP contribution is -2.58. The Hall–Kier alpha value is -1.84. The Morgan fingerprint density at radius 1 is 1.20 bits per heavy atom. The summed E-state index contributed by atoms with van der Waals surface area (Å²) in [7, 11) is 0. The van der Waals surface area contributed by atoms with E-state index in [-0.39, 0.29) is 29.8 Å². The van der Waals surface area contributed by atoms with Gasteiger partial charge in [0.2, 0.25) is 11.8 Å². The van der Waals surface area contributed by atoms with Crippen LogP contribution in [0.3, 0.4) is 0 Å². The molecule has 2 fully saturated rings. The molecule has 25 heavy (non-hydrogen) atoms. The van der Waals surface area contributed by atoms with E-state index in [1.54, 1.807) is 0 Å². The van der Waals surface area contributed by atoms with Crippen LogP contribution in [0.15, 0.2) is 18.2 Å². The number of benzene rings is 1. The van der Waals surface area contributed by atoms with Crippen LogP contribution in [0.25, 0.3) is 0 Å². The van der Waals surface area contributed by atoms with E-state index in [4.69, 9.17) is 0 Å². The number of nitrogens with zero attached hydrogens (tertiary/aromatic N) is 2. The van der Waals surface area contributed by atoms with Crippen molar-refractivity contribution in [3.8, 4) is 0 Å². The van der Waals surface area contributed by atoms with Crippen molar-refractivity contribution in [1.82, 2.24) is 9.80 Å². The summed E-state index contributed by atoms with van der Waals surface area (Å²) in [5.41, 5.74) is 3.52. The molecule has 2 amide bonds. The third-order valence-corrected chi connectivity index (χ3v) is 6.46. The molecule has 0 radical (unpaired) electrons. The number of carbonyl (C=O) groups is 2. The second-order valence-corrected chi connectivity index (χ2v) is 8.36. The molecule has 1 aromatic rings. The quantitative estimate of drug-likeness (QED) is 0.787. The SMILES string of the molecule is Cc1ccc2c(c1)[C@@H]1CN(C(=O)C3(C)CCCCC3)CC(=O)N1CC2. The molecule has 3 aliphatic rings. The summed E-state index contributed by atoms with van der Waals surface area (Å²) in [5, 5.41) is 0. The lowest BCUT2D eigenvalue weighted by molar-refractivity contribution is -0.155. The maximum atomic E-state index is 13.2. The van der Waals surface area contributed by atoms with Gasteiger partial charge in [0.25, 0.3) is 0 Å². The Bertz CT molecular complexity index is 706. The van der Waals surface area contributed by atoms with Crippen molar-refractivity contribution in [2.24, 2.45) is 5.41 Å². The highest BCUT2D eigenvalue weighted by atomic mass is 16.2. The molecule has 4 rings (SSSR count). The molecule has 4 nitrogen and oxygen atoms in total.